The highest BCUT2D eigenvalue weighted by atomic mass is 14.4. The molecule has 0 atom stereocenters. The zero-order valence-electron chi connectivity index (χ0n) is 30.6. The molecule has 248 valence electrons. The number of fused-ring (bicyclic) bond motifs is 7. The van der Waals surface area contributed by atoms with Crippen LogP contribution in [0.15, 0.2) is 152 Å². The second-order valence-corrected chi connectivity index (χ2v) is 16.3. The fraction of sp³-hybridized carbons (Fsp3) is 0.176. The minimum atomic E-state index is -0.120. The SMILES string of the molecule is C=C/C=C1\C(=C)c2ccc(-c3cccc(-c4ccc5c(c4)C(C)(C)c4cc(-c6ccc7c(c6)C(C)(C)c6ccccc6-7)ccc4-5)c3)cc2C1(C)C. The van der Waals surface area contributed by atoms with Crippen molar-refractivity contribution in [1.29, 1.82) is 0 Å². The van der Waals surface area contributed by atoms with Crippen LogP contribution in [0.25, 0.3) is 61.2 Å². The van der Waals surface area contributed by atoms with Crippen molar-refractivity contribution in [2.24, 2.45) is 0 Å². The molecule has 51 heavy (non-hydrogen) atoms. The van der Waals surface area contributed by atoms with Crippen molar-refractivity contribution in [1.82, 2.24) is 0 Å². The van der Waals surface area contributed by atoms with Gasteiger partial charge in [0, 0.05) is 16.2 Å². The summed E-state index contributed by atoms with van der Waals surface area (Å²) in [6, 6.07) is 46.1. The Kier molecular flexibility index (Phi) is 6.66. The van der Waals surface area contributed by atoms with Crippen LogP contribution in [0.4, 0.5) is 0 Å². The van der Waals surface area contributed by atoms with E-state index >= 15 is 0 Å². The molecule has 0 radical (unpaired) electrons. The van der Waals surface area contributed by atoms with E-state index in [4.69, 9.17) is 0 Å². The van der Waals surface area contributed by atoms with Crippen molar-refractivity contribution in [3.05, 3.63) is 186 Å². The zero-order valence-corrected chi connectivity index (χ0v) is 30.6. The molecule has 0 aliphatic heterocycles. The van der Waals surface area contributed by atoms with E-state index in [1.165, 1.54) is 94.6 Å². The van der Waals surface area contributed by atoms with E-state index in [-0.39, 0.29) is 16.2 Å². The van der Waals surface area contributed by atoms with E-state index in [2.05, 4.69) is 182 Å². The Morgan fingerprint density at radius 3 is 1.27 bits per heavy atom. The van der Waals surface area contributed by atoms with Gasteiger partial charge in [-0.25, -0.2) is 0 Å². The van der Waals surface area contributed by atoms with E-state index in [9.17, 15) is 0 Å². The van der Waals surface area contributed by atoms with Gasteiger partial charge in [0.05, 0.1) is 0 Å². The normalized spacial score (nSPS) is 17.5. The Hall–Kier alpha value is -5.46. The Bertz CT molecular complexity index is 2520. The van der Waals surface area contributed by atoms with Gasteiger partial charge in [-0.2, -0.15) is 0 Å². The molecule has 0 spiro atoms. The van der Waals surface area contributed by atoms with E-state index < -0.39 is 0 Å². The molecule has 9 rings (SSSR count). The number of allylic oxidation sites excluding steroid dienone is 4. The molecule has 0 aromatic heterocycles. The van der Waals surface area contributed by atoms with Crippen LogP contribution in [0.1, 0.15) is 74.9 Å². The highest BCUT2D eigenvalue weighted by Crippen LogP contribution is 2.53. The molecule has 0 heterocycles. The monoisotopic (exact) mass is 656 g/mol. The molecule has 0 fully saturated rings. The van der Waals surface area contributed by atoms with Crippen LogP contribution in [-0.2, 0) is 16.2 Å². The van der Waals surface area contributed by atoms with Gasteiger partial charge in [0.15, 0.2) is 0 Å². The average molecular weight is 657 g/mol. The summed E-state index contributed by atoms with van der Waals surface area (Å²) >= 11 is 0. The van der Waals surface area contributed by atoms with Gasteiger partial charge in [-0.15, -0.1) is 0 Å². The lowest BCUT2D eigenvalue weighted by atomic mass is 9.80. The van der Waals surface area contributed by atoms with Gasteiger partial charge in [0.25, 0.3) is 0 Å². The standard InChI is InChI=1S/C51H44/c1-9-13-43-31(2)38-22-18-34(27-45(38)49(43,3)4)32-14-12-15-33(26-32)35-19-24-41-42-25-21-37(30-48(42)51(7,8)47(41)28-35)36-20-23-40-39-16-10-11-17-44(39)50(5,6)46(40)29-36/h9-30H,1-2H2,3-8H3/b43-13+. The number of rotatable bonds is 4. The van der Waals surface area contributed by atoms with Gasteiger partial charge < -0.3 is 0 Å². The lowest BCUT2D eigenvalue weighted by Gasteiger charge is -2.23. The van der Waals surface area contributed by atoms with Crippen molar-refractivity contribution in [2.45, 2.75) is 57.8 Å². The minimum absolute atomic E-state index is 0.0135. The molecular weight excluding hydrogens is 613 g/mol. The summed E-state index contributed by atoms with van der Waals surface area (Å²) < 4.78 is 0. The van der Waals surface area contributed by atoms with Crippen molar-refractivity contribution < 1.29 is 0 Å². The van der Waals surface area contributed by atoms with Crippen LogP contribution < -0.4 is 0 Å². The van der Waals surface area contributed by atoms with Gasteiger partial charge in [-0.3, -0.25) is 0 Å². The lowest BCUT2D eigenvalue weighted by molar-refractivity contribution is 0.659. The van der Waals surface area contributed by atoms with Crippen molar-refractivity contribution in [2.75, 3.05) is 0 Å². The molecule has 0 amide bonds. The fourth-order valence-electron chi connectivity index (χ4n) is 9.46. The first kappa shape index (κ1) is 31.5. The highest BCUT2D eigenvalue weighted by molar-refractivity contribution is 5.91. The summed E-state index contributed by atoms with van der Waals surface area (Å²) in [6.45, 7) is 22.5. The minimum Gasteiger partial charge on any atom is -0.0991 e. The van der Waals surface area contributed by atoms with Gasteiger partial charge in [0.1, 0.15) is 0 Å². The second kappa shape index (κ2) is 10.8. The molecule has 6 aromatic carbocycles. The fourth-order valence-corrected chi connectivity index (χ4v) is 9.46. The molecule has 0 heteroatoms. The van der Waals surface area contributed by atoms with Crippen molar-refractivity contribution in [3.63, 3.8) is 0 Å². The summed E-state index contributed by atoms with van der Waals surface area (Å²) in [5.41, 5.74) is 23.2. The Labute approximate surface area is 303 Å². The molecule has 6 aromatic rings. The summed E-state index contributed by atoms with van der Waals surface area (Å²) in [6.07, 6.45) is 3.99. The summed E-state index contributed by atoms with van der Waals surface area (Å²) in [5, 5.41) is 0. The van der Waals surface area contributed by atoms with Crippen LogP contribution >= 0.6 is 0 Å². The molecular formula is C51H44. The topological polar surface area (TPSA) is 0 Å². The van der Waals surface area contributed by atoms with Crippen LogP contribution in [0.3, 0.4) is 0 Å². The van der Waals surface area contributed by atoms with Gasteiger partial charge in [-0.1, -0.05) is 158 Å². The Morgan fingerprint density at radius 2 is 0.784 bits per heavy atom. The average Bonchev–Trinajstić information content (AvgIpc) is 3.60. The highest BCUT2D eigenvalue weighted by Gasteiger charge is 2.39. The van der Waals surface area contributed by atoms with E-state index in [1.54, 1.807) is 0 Å². The molecule has 3 aliphatic rings. The van der Waals surface area contributed by atoms with E-state index in [1.807, 2.05) is 6.08 Å². The van der Waals surface area contributed by atoms with E-state index in [0.717, 1.165) is 5.57 Å². The molecule has 0 unspecified atom stereocenters. The van der Waals surface area contributed by atoms with Gasteiger partial charge >= 0.3 is 0 Å². The smallest absolute Gasteiger partial charge is 0.0159 e. The first-order valence-corrected chi connectivity index (χ1v) is 18.2. The number of hydrogen-bond acceptors (Lipinski definition) is 0. The molecule has 0 N–H and O–H groups in total. The third kappa shape index (κ3) is 4.45. The zero-order chi connectivity index (χ0) is 35.4. The predicted molar refractivity (Wildman–Crippen MR) is 218 cm³/mol. The third-order valence-electron chi connectivity index (χ3n) is 12.4. The maximum absolute atomic E-state index is 4.43. The second-order valence-electron chi connectivity index (χ2n) is 16.3. The van der Waals surface area contributed by atoms with Gasteiger partial charge in [-0.05, 0) is 130 Å². The molecule has 0 saturated carbocycles. The Balaban J connectivity index is 1.05. The van der Waals surface area contributed by atoms with E-state index in [0.29, 0.717) is 0 Å². The lowest BCUT2D eigenvalue weighted by Crippen LogP contribution is -2.15. The first-order chi connectivity index (χ1) is 24.4. The largest absolute Gasteiger partial charge is 0.0991 e. The van der Waals surface area contributed by atoms with Gasteiger partial charge in [0.2, 0.25) is 0 Å². The maximum atomic E-state index is 4.43. The Morgan fingerprint density at radius 1 is 0.392 bits per heavy atom. The number of hydrogen-bond donors (Lipinski definition) is 0. The molecule has 0 bridgehead atoms. The molecule has 0 saturated heterocycles. The quantitative estimate of drug-likeness (QED) is 0.177. The van der Waals surface area contributed by atoms with Crippen LogP contribution in [0, 0.1) is 0 Å². The molecule has 3 aliphatic carbocycles. The first-order valence-electron chi connectivity index (χ1n) is 18.2. The summed E-state index contributed by atoms with van der Waals surface area (Å²) in [7, 11) is 0. The number of benzene rings is 6. The summed E-state index contributed by atoms with van der Waals surface area (Å²) in [5.74, 6) is 0. The predicted octanol–water partition coefficient (Wildman–Crippen LogP) is 13.7. The molecule has 0 nitrogen and oxygen atoms in total. The maximum Gasteiger partial charge on any atom is 0.0159 e. The van der Waals surface area contributed by atoms with Crippen molar-refractivity contribution >= 4 is 5.57 Å². The third-order valence-corrected chi connectivity index (χ3v) is 12.4. The van der Waals surface area contributed by atoms with Crippen LogP contribution in [0.2, 0.25) is 0 Å². The van der Waals surface area contributed by atoms with Crippen LogP contribution in [0.5, 0.6) is 0 Å². The van der Waals surface area contributed by atoms with Crippen LogP contribution in [-0.4, -0.2) is 0 Å². The summed E-state index contributed by atoms with van der Waals surface area (Å²) in [4.78, 5) is 0. The van der Waals surface area contributed by atoms with Crippen molar-refractivity contribution in [3.8, 4) is 55.6 Å².